The largest absolute Gasteiger partial charge is 0.381 e. The molecule has 4 rings (SSSR count). The van der Waals surface area contributed by atoms with Crippen molar-refractivity contribution >= 4 is 11.7 Å². The highest BCUT2D eigenvalue weighted by Gasteiger charge is 2.26. The van der Waals surface area contributed by atoms with E-state index in [0.29, 0.717) is 47.9 Å². The second kappa shape index (κ2) is 8.45. The van der Waals surface area contributed by atoms with E-state index in [0.717, 1.165) is 18.4 Å². The Balaban J connectivity index is 1.58. The van der Waals surface area contributed by atoms with Gasteiger partial charge in [-0.3, -0.25) is 9.59 Å². The van der Waals surface area contributed by atoms with E-state index >= 15 is 0 Å². The van der Waals surface area contributed by atoms with Crippen molar-refractivity contribution < 1.29 is 18.8 Å². The molecule has 1 fully saturated rings. The summed E-state index contributed by atoms with van der Waals surface area (Å²) in [6.07, 6.45) is 3.68. The summed E-state index contributed by atoms with van der Waals surface area (Å²) in [6.45, 7) is 3.21. The summed E-state index contributed by atoms with van der Waals surface area (Å²) in [5, 5.41) is 7.12. The van der Waals surface area contributed by atoms with Crippen LogP contribution in [0.1, 0.15) is 51.9 Å². The molecule has 1 aliphatic heterocycles. The molecule has 3 aromatic rings. The molecule has 1 saturated heterocycles. The molecule has 0 spiro atoms. The van der Waals surface area contributed by atoms with Gasteiger partial charge in [0.25, 0.3) is 5.91 Å². The van der Waals surface area contributed by atoms with Crippen molar-refractivity contribution in [1.29, 1.82) is 0 Å². The number of aromatic amines is 1. The zero-order chi connectivity index (χ0) is 20.2. The van der Waals surface area contributed by atoms with Crippen molar-refractivity contribution in [2.45, 2.75) is 32.2 Å². The summed E-state index contributed by atoms with van der Waals surface area (Å²) in [5.74, 6) is 0.0897. The standard InChI is InChI=1S/C22H23N3O4/c1-2-18-19(20(25-29-18)14-6-4-3-5-7-14)21(26)15-12-17(23-13-15)22(27)24-16-8-10-28-11-9-16/h3-7,12-13,16,23H,2,8-11H2,1H3,(H,24,27). The predicted molar refractivity (Wildman–Crippen MR) is 107 cm³/mol. The van der Waals surface area contributed by atoms with Crippen molar-refractivity contribution in [3.63, 3.8) is 0 Å². The molecule has 2 N–H and O–H groups in total. The van der Waals surface area contributed by atoms with Gasteiger partial charge in [-0.2, -0.15) is 0 Å². The van der Waals surface area contributed by atoms with Gasteiger partial charge in [0.05, 0.1) is 5.56 Å². The van der Waals surface area contributed by atoms with Gasteiger partial charge >= 0.3 is 0 Å². The number of nitrogens with zero attached hydrogens (tertiary/aromatic N) is 1. The van der Waals surface area contributed by atoms with E-state index in [-0.39, 0.29) is 17.7 Å². The lowest BCUT2D eigenvalue weighted by atomic mass is 9.98. The summed E-state index contributed by atoms with van der Waals surface area (Å²) in [4.78, 5) is 28.7. The summed E-state index contributed by atoms with van der Waals surface area (Å²) in [7, 11) is 0. The van der Waals surface area contributed by atoms with Crippen LogP contribution >= 0.6 is 0 Å². The van der Waals surface area contributed by atoms with Gasteiger partial charge in [-0.05, 0) is 18.9 Å². The molecule has 7 heteroatoms. The molecule has 7 nitrogen and oxygen atoms in total. The Kier molecular flexibility index (Phi) is 5.57. The van der Waals surface area contributed by atoms with Gasteiger partial charge in [0.15, 0.2) is 5.78 Å². The molecule has 0 radical (unpaired) electrons. The van der Waals surface area contributed by atoms with Crippen LogP contribution < -0.4 is 5.32 Å². The van der Waals surface area contributed by atoms with E-state index in [2.05, 4.69) is 15.5 Å². The highest BCUT2D eigenvalue weighted by atomic mass is 16.5. The number of amides is 1. The maximum atomic E-state index is 13.2. The second-order valence-electron chi connectivity index (χ2n) is 7.04. The average molecular weight is 393 g/mol. The number of hydrogen-bond donors (Lipinski definition) is 2. The molecule has 29 heavy (non-hydrogen) atoms. The molecule has 150 valence electrons. The third-order valence-electron chi connectivity index (χ3n) is 5.10. The Morgan fingerprint density at radius 3 is 2.69 bits per heavy atom. The number of nitrogens with one attached hydrogen (secondary N) is 2. The van der Waals surface area contributed by atoms with E-state index in [4.69, 9.17) is 9.26 Å². The molecule has 0 saturated carbocycles. The van der Waals surface area contributed by atoms with E-state index in [1.807, 2.05) is 37.3 Å². The van der Waals surface area contributed by atoms with Gasteiger partial charge in [0.1, 0.15) is 17.1 Å². The molecule has 2 aromatic heterocycles. The van der Waals surface area contributed by atoms with Gasteiger partial charge < -0.3 is 19.6 Å². The summed E-state index contributed by atoms with van der Waals surface area (Å²) >= 11 is 0. The first-order valence-corrected chi connectivity index (χ1v) is 9.83. The summed E-state index contributed by atoms with van der Waals surface area (Å²) in [5.41, 5.74) is 2.52. The zero-order valence-electron chi connectivity index (χ0n) is 16.2. The molecule has 0 unspecified atom stereocenters. The Morgan fingerprint density at radius 1 is 1.21 bits per heavy atom. The van der Waals surface area contributed by atoms with E-state index < -0.39 is 0 Å². The van der Waals surface area contributed by atoms with Crippen LogP contribution in [0.15, 0.2) is 47.1 Å². The first kappa shape index (κ1) is 19.1. The third-order valence-corrected chi connectivity index (χ3v) is 5.10. The molecular weight excluding hydrogens is 370 g/mol. The highest BCUT2D eigenvalue weighted by molar-refractivity contribution is 6.13. The number of aryl methyl sites for hydroxylation is 1. The Hall–Kier alpha value is -3.19. The highest BCUT2D eigenvalue weighted by Crippen LogP contribution is 2.28. The van der Waals surface area contributed by atoms with Crippen LogP contribution in [0.5, 0.6) is 0 Å². The molecule has 0 aliphatic carbocycles. The maximum absolute atomic E-state index is 13.2. The number of benzene rings is 1. The fourth-order valence-electron chi connectivity index (χ4n) is 3.50. The minimum Gasteiger partial charge on any atom is -0.381 e. The quantitative estimate of drug-likeness (QED) is 0.626. The van der Waals surface area contributed by atoms with Crippen LogP contribution in [-0.2, 0) is 11.2 Å². The van der Waals surface area contributed by atoms with Crippen LogP contribution in [0.3, 0.4) is 0 Å². The van der Waals surface area contributed by atoms with Crippen molar-refractivity contribution in [3.8, 4) is 11.3 Å². The summed E-state index contributed by atoms with van der Waals surface area (Å²) in [6, 6.07) is 11.1. The molecule has 3 heterocycles. The molecule has 1 aromatic carbocycles. The predicted octanol–water partition coefficient (Wildman–Crippen LogP) is 3.37. The minimum atomic E-state index is -0.222. The molecule has 1 amide bonds. The molecule has 0 bridgehead atoms. The number of ether oxygens (including phenoxy) is 1. The van der Waals surface area contributed by atoms with Gasteiger partial charge in [-0.15, -0.1) is 0 Å². The van der Waals surface area contributed by atoms with Crippen LogP contribution in [0.25, 0.3) is 11.3 Å². The normalized spacial score (nSPS) is 14.7. The van der Waals surface area contributed by atoms with Gasteiger partial charge in [-0.25, -0.2) is 0 Å². The van der Waals surface area contributed by atoms with Gasteiger partial charge in [0.2, 0.25) is 0 Å². The number of carbonyl (C=O) groups excluding carboxylic acids is 2. The Morgan fingerprint density at radius 2 is 1.97 bits per heavy atom. The van der Waals surface area contributed by atoms with Crippen molar-refractivity contribution in [2.75, 3.05) is 13.2 Å². The number of ketones is 1. The Labute approximate surface area is 168 Å². The number of hydrogen-bond acceptors (Lipinski definition) is 5. The van der Waals surface area contributed by atoms with Crippen molar-refractivity contribution in [3.05, 3.63) is 65.2 Å². The van der Waals surface area contributed by atoms with E-state index in [1.165, 1.54) is 0 Å². The van der Waals surface area contributed by atoms with Gasteiger partial charge in [0, 0.05) is 43.0 Å². The van der Waals surface area contributed by atoms with Crippen LogP contribution in [0.4, 0.5) is 0 Å². The number of rotatable bonds is 6. The monoisotopic (exact) mass is 393 g/mol. The second-order valence-corrected chi connectivity index (χ2v) is 7.04. The SMILES string of the molecule is CCc1onc(-c2ccccc2)c1C(=O)c1c[nH]c(C(=O)NC2CCOCC2)c1. The van der Waals surface area contributed by atoms with Crippen molar-refractivity contribution in [1.82, 2.24) is 15.5 Å². The van der Waals surface area contributed by atoms with Crippen LogP contribution in [0, 0.1) is 0 Å². The lowest BCUT2D eigenvalue weighted by Gasteiger charge is -2.22. The average Bonchev–Trinajstić information content (AvgIpc) is 3.42. The van der Waals surface area contributed by atoms with Crippen LogP contribution in [-0.4, -0.2) is 41.1 Å². The van der Waals surface area contributed by atoms with E-state index in [1.54, 1.807) is 12.3 Å². The fraction of sp³-hybridized carbons (Fsp3) is 0.318. The number of H-pyrrole nitrogens is 1. The first-order valence-electron chi connectivity index (χ1n) is 9.83. The molecule has 1 aliphatic rings. The first-order chi connectivity index (χ1) is 14.2. The molecular formula is C22H23N3O4. The van der Waals surface area contributed by atoms with Gasteiger partial charge in [-0.1, -0.05) is 42.4 Å². The van der Waals surface area contributed by atoms with E-state index in [9.17, 15) is 9.59 Å². The summed E-state index contributed by atoms with van der Waals surface area (Å²) < 4.78 is 10.7. The molecule has 0 atom stereocenters. The van der Waals surface area contributed by atoms with Crippen LogP contribution in [0.2, 0.25) is 0 Å². The smallest absolute Gasteiger partial charge is 0.267 e. The fourth-order valence-corrected chi connectivity index (χ4v) is 3.50. The number of aromatic nitrogens is 2. The lowest BCUT2D eigenvalue weighted by molar-refractivity contribution is 0.0694. The third kappa shape index (κ3) is 4.00. The Bertz CT molecular complexity index is 1000. The topological polar surface area (TPSA) is 97.2 Å². The lowest BCUT2D eigenvalue weighted by Crippen LogP contribution is -2.39. The maximum Gasteiger partial charge on any atom is 0.267 e. The number of carbonyl (C=O) groups is 2. The zero-order valence-corrected chi connectivity index (χ0v) is 16.2. The van der Waals surface area contributed by atoms with Crippen molar-refractivity contribution in [2.24, 2.45) is 0 Å². The minimum absolute atomic E-state index is 0.0909.